The predicted molar refractivity (Wildman–Crippen MR) is 91.8 cm³/mol. The molecule has 4 nitrogen and oxygen atoms in total. The molecule has 0 bridgehead atoms. The van der Waals surface area contributed by atoms with Crippen molar-refractivity contribution in [1.29, 1.82) is 0 Å². The van der Waals surface area contributed by atoms with Crippen LogP contribution in [0.25, 0.3) is 0 Å². The van der Waals surface area contributed by atoms with Crippen LogP contribution in [0.1, 0.15) is 67.9 Å². The molecule has 0 spiro atoms. The van der Waals surface area contributed by atoms with Gasteiger partial charge in [0.15, 0.2) is 0 Å². The third kappa shape index (κ3) is 10.2. The fourth-order valence-corrected chi connectivity index (χ4v) is 2.23. The first-order valence-electron chi connectivity index (χ1n) is 7.25. The minimum atomic E-state index is -4.56. The molecule has 0 fully saturated rings. The van der Waals surface area contributed by atoms with Gasteiger partial charge in [-0.05, 0) is 26.2 Å². The van der Waals surface area contributed by atoms with Crippen LogP contribution in [-0.2, 0) is 14.8 Å². The van der Waals surface area contributed by atoms with E-state index in [1.165, 1.54) is 0 Å². The van der Waals surface area contributed by atoms with Gasteiger partial charge in [0.25, 0.3) is 0 Å². The van der Waals surface area contributed by atoms with E-state index < -0.39 is 46.7 Å². The van der Waals surface area contributed by atoms with Crippen LogP contribution in [0.5, 0.6) is 0 Å². The molecule has 0 aromatic rings. The van der Waals surface area contributed by atoms with Crippen molar-refractivity contribution in [2.24, 2.45) is 5.41 Å². The first-order valence-corrected chi connectivity index (χ1v) is 7.19. The SMILES string of the molecule is C.C.C.[2H]C([2H])([2H])S(=O)(=O)N(COC(CF)C(C)(C)C)C(C)(C)C. The number of rotatable bonds is 5. The molecule has 6 heteroatoms. The Morgan fingerprint density at radius 2 is 1.57 bits per heavy atom. The van der Waals surface area contributed by atoms with Gasteiger partial charge in [0.05, 0.1) is 12.3 Å². The number of alkyl halides is 1. The van der Waals surface area contributed by atoms with Crippen LogP contribution in [0, 0.1) is 5.41 Å². The summed E-state index contributed by atoms with van der Waals surface area (Å²) in [7, 11) is -4.56. The molecule has 0 radical (unpaired) electrons. The lowest BCUT2D eigenvalue weighted by Gasteiger charge is -2.36. The van der Waals surface area contributed by atoms with Crippen LogP contribution in [0.4, 0.5) is 4.39 Å². The number of hydrogen-bond donors (Lipinski definition) is 0. The van der Waals surface area contributed by atoms with Gasteiger partial charge in [-0.1, -0.05) is 43.1 Å². The van der Waals surface area contributed by atoms with E-state index in [-0.39, 0.29) is 22.3 Å². The Kier molecular flexibility index (Phi) is 9.65. The van der Waals surface area contributed by atoms with Crippen molar-refractivity contribution in [2.75, 3.05) is 19.6 Å². The molecule has 0 N–H and O–H groups in total. The van der Waals surface area contributed by atoms with Gasteiger partial charge in [0.1, 0.15) is 13.4 Å². The quantitative estimate of drug-likeness (QED) is 0.704. The van der Waals surface area contributed by atoms with Gasteiger partial charge in [-0.2, -0.15) is 4.31 Å². The normalized spacial score (nSPS) is 16.5. The van der Waals surface area contributed by atoms with Gasteiger partial charge in [-0.3, -0.25) is 0 Å². The zero-order valence-corrected chi connectivity index (χ0v) is 12.8. The molecule has 0 heterocycles. The lowest BCUT2D eigenvalue weighted by molar-refractivity contribution is -0.0721. The van der Waals surface area contributed by atoms with E-state index in [0.717, 1.165) is 4.31 Å². The smallest absolute Gasteiger partial charge is 0.213 e. The first kappa shape index (κ1) is 20.8. The fourth-order valence-electron chi connectivity index (χ4n) is 1.31. The molecule has 0 aliphatic carbocycles. The zero-order chi connectivity index (χ0) is 17.3. The molecule has 0 saturated carbocycles. The van der Waals surface area contributed by atoms with E-state index in [0.29, 0.717) is 0 Å². The van der Waals surface area contributed by atoms with Crippen LogP contribution in [0.15, 0.2) is 0 Å². The molecule has 1 atom stereocenters. The maximum absolute atomic E-state index is 13.0. The van der Waals surface area contributed by atoms with E-state index >= 15 is 0 Å². The standard InChI is InChI=1S/C12H26FNO3S.3CH4/c1-11(2,3)10(8-13)17-9-14(12(4,5)6)18(7,15)16;;;/h10H,8-9H2,1-7H3;3*1H4/i7D3;;;. The largest absolute Gasteiger partial charge is 0.359 e. The molecule has 0 saturated heterocycles. The van der Waals surface area contributed by atoms with Crippen molar-refractivity contribution < 1.29 is 21.7 Å². The molecule has 0 rings (SSSR count). The maximum Gasteiger partial charge on any atom is 0.213 e. The van der Waals surface area contributed by atoms with Crippen LogP contribution >= 0.6 is 0 Å². The Bertz CT molecular complexity index is 440. The van der Waals surface area contributed by atoms with E-state index in [2.05, 4.69) is 0 Å². The summed E-state index contributed by atoms with van der Waals surface area (Å²) in [6.45, 7) is 8.67. The van der Waals surface area contributed by atoms with Crippen LogP contribution in [0.2, 0.25) is 0 Å². The summed E-state index contributed by atoms with van der Waals surface area (Å²) in [4.78, 5) is 0. The molecule has 1 unspecified atom stereocenters. The molecule has 0 aliphatic rings. The Morgan fingerprint density at radius 1 is 1.14 bits per heavy atom. The predicted octanol–water partition coefficient (Wildman–Crippen LogP) is 4.31. The van der Waals surface area contributed by atoms with Crippen molar-refractivity contribution in [3.8, 4) is 0 Å². The second-order valence-corrected chi connectivity index (χ2v) is 7.72. The van der Waals surface area contributed by atoms with Gasteiger partial charge >= 0.3 is 0 Å². The molecule has 21 heavy (non-hydrogen) atoms. The lowest BCUT2D eigenvalue weighted by atomic mass is 9.90. The Labute approximate surface area is 137 Å². The van der Waals surface area contributed by atoms with Crippen molar-refractivity contribution in [3.63, 3.8) is 0 Å². The highest BCUT2D eigenvalue weighted by Gasteiger charge is 2.32. The van der Waals surface area contributed by atoms with Crippen molar-refractivity contribution >= 4 is 10.0 Å². The molecular formula is C15H38FNO3S. The summed E-state index contributed by atoms with van der Waals surface area (Å²) in [5, 5.41) is 0. The number of halogens is 1. The monoisotopic (exact) mass is 334 g/mol. The van der Waals surface area contributed by atoms with Gasteiger partial charge in [-0.25, -0.2) is 12.8 Å². The number of hydrogen-bond acceptors (Lipinski definition) is 3. The number of sulfonamides is 1. The molecule has 0 aromatic carbocycles. The second-order valence-electron chi connectivity index (χ2n) is 6.33. The van der Waals surface area contributed by atoms with Crippen LogP contribution < -0.4 is 0 Å². The summed E-state index contributed by atoms with van der Waals surface area (Å²) in [5.41, 5.74) is -1.52. The van der Waals surface area contributed by atoms with Crippen molar-refractivity contribution in [3.05, 3.63) is 0 Å². The minimum Gasteiger partial charge on any atom is -0.359 e. The van der Waals surface area contributed by atoms with E-state index in [4.69, 9.17) is 8.85 Å². The minimum absolute atomic E-state index is 0. The lowest BCUT2D eigenvalue weighted by Crippen LogP contribution is -2.48. The van der Waals surface area contributed by atoms with E-state index in [1.54, 1.807) is 41.5 Å². The van der Waals surface area contributed by atoms with Crippen LogP contribution in [-0.4, -0.2) is 44.0 Å². The first-order chi connectivity index (χ1) is 9.05. The van der Waals surface area contributed by atoms with E-state index in [9.17, 15) is 12.8 Å². The molecule has 0 aliphatic heterocycles. The topological polar surface area (TPSA) is 46.6 Å². The fraction of sp³-hybridized carbons (Fsp3) is 1.00. The summed E-state index contributed by atoms with van der Waals surface area (Å²) in [6.07, 6.45) is -4.01. The highest BCUT2D eigenvalue weighted by molar-refractivity contribution is 7.88. The molecule has 0 aromatic heterocycles. The third-order valence-corrected chi connectivity index (χ3v) is 3.77. The molecular weight excluding hydrogens is 293 g/mol. The summed E-state index contributed by atoms with van der Waals surface area (Å²) in [5.74, 6) is 0. The van der Waals surface area contributed by atoms with Gasteiger partial charge in [-0.15, -0.1) is 0 Å². The molecule has 0 amide bonds. The van der Waals surface area contributed by atoms with Gasteiger partial charge < -0.3 is 4.74 Å². The van der Waals surface area contributed by atoms with Gasteiger partial charge in [0, 0.05) is 9.65 Å². The van der Waals surface area contributed by atoms with Crippen molar-refractivity contribution in [1.82, 2.24) is 4.31 Å². The zero-order valence-electron chi connectivity index (χ0n) is 14.9. The van der Waals surface area contributed by atoms with Gasteiger partial charge in [0.2, 0.25) is 10.0 Å². The Balaban J connectivity index is -0.000000667. The Hall–Kier alpha value is -0.200. The molecule has 134 valence electrons. The maximum atomic E-state index is 13.0. The van der Waals surface area contributed by atoms with E-state index in [1.807, 2.05) is 0 Å². The van der Waals surface area contributed by atoms with Crippen molar-refractivity contribution in [2.45, 2.75) is 75.5 Å². The summed E-state index contributed by atoms with van der Waals surface area (Å²) < 4.78 is 64.9. The second kappa shape index (κ2) is 9.74. The van der Waals surface area contributed by atoms with Crippen LogP contribution in [0.3, 0.4) is 0 Å². The summed E-state index contributed by atoms with van der Waals surface area (Å²) in [6, 6.07) is 0. The number of nitrogens with zero attached hydrogens (tertiary/aromatic N) is 1. The summed E-state index contributed by atoms with van der Waals surface area (Å²) >= 11 is 0. The average Bonchev–Trinajstić information content (AvgIpc) is 2.18. The number of ether oxygens (including phenoxy) is 1. The Morgan fingerprint density at radius 3 is 1.81 bits per heavy atom. The average molecular weight is 335 g/mol. The third-order valence-electron chi connectivity index (χ3n) is 2.54. The highest BCUT2D eigenvalue weighted by atomic mass is 32.2. The highest BCUT2D eigenvalue weighted by Crippen LogP contribution is 2.24.